The maximum Gasteiger partial charge on any atom is 0.417 e. The smallest absolute Gasteiger partial charge is 0.347 e. The molecule has 1 N–H and O–H groups in total. The number of carbonyl (C=O) groups excluding carboxylic acids is 2. The number of hydrogen-bond donors (Lipinski definition) is 1. The molecule has 0 aliphatic carbocycles. The van der Waals surface area contributed by atoms with Gasteiger partial charge in [-0.3, -0.25) is 9.59 Å². The van der Waals surface area contributed by atoms with Crippen molar-refractivity contribution < 1.29 is 53.5 Å². The van der Waals surface area contributed by atoms with Crippen LogP contribution in [0.25, 0.3) is 5.83 Å². The van der Waals surface area contributed by atoms with Gasteiger partial charge in [-0.2, -0.15) is 39.5 Å². The van der Waals surface area contributed by atoms with Crippen molar-refractivity contribution in [2.45, 2.75) is 44.7 Å². The molecule has 0 heterocycles. The zero-order valence-electron chi connectivity index (χ0n) is 20.7. The number of carbonyl (C=O) groups is 2. The maximum atomic E-state index is 15.0. The molecule has 3 nitrogen and oxygen atoms in total. The van der Waals surface area contributed by atoms with Crippen LogP contribution in [0.2, 0.25) is 15.1 Å². The molecule has 0 saturated heterocycles. The van der Waals surface area contributed by atoms with E-state index in [0.29, 0.717) is 12.1 Å². The maximum absolute atomic E-state index is 15.0. The van der Waals surface area contributed by atoms with E-state index in [1.165, 1.54) is 5.32 Å². The van der Waals surface area contributed by atoms with Crippen molar-refractivity contribution in [1.82, 2.24) is 5.32 Å². The standard InChI is InChI=1S/C25H18Cl3F10NO2/c1-22(2,21(41)39-10-23(30,31)32)9-19(40)13-4-3-11(5-15(13)25(36,37)38)18(29)8-14(24(33,34)35)12-6-16(26)20(28)17(27)7-12/h3-8,14H,9-10H2,1-2H3,(H,39,41)/b18-8-. The summed E-state index contributed by atoms with van der Waals surface area (Å²) in [5.41, 5.74) is -6.35. The summed E-state index contributed by atoms with van der Waals surface area (Å²) in [6.07, 6.45) is -16.3. The summed E-state index contributed by atoms with van der Waals surface area (Å²) in [6, 6.07) is 2.72. The molecule has 1 atom stereocenters. The monoisotopic (exact) mass is 659 g/mol. The van der Waals surface area contributed by atoms with Crippen LogP contribution in [0.4, 0.5) is 43.9 Å². The molecule has 0 fully saturated rings. The number of benzene rings is 2. The van der Waals surface area contributed by atoms with Crippen LogP contribution in [0, 0.1) is 5.41 Å². The predicted molar refractivity (Wildman–Crippen MR) is 133 cm³/mol. The van der Waals surface area contributed by atoms with E-state index < -0.39 is 92.6 Å². The first-order chi connectivity index (χ1) is 18.4. The molecule has 2 aromatic rings. The minimum atomic E-state index is -5.31. The highest BCUT2D eigenvalue weighted by atomic mass is 35.5. The molecule has 2 rings (SSSR count). The topological polar surface area (TPSA) is 46.2 Å². The van der Waals surface area contributed by atoms with Crippen molar-refractivity contribution in [3.8, 4) is 0 Å². The molecular formula is C25H18Cl3F10NO2. The molecule has 16 heteroatoms. The van der Waals surface area contributed by atoms with E-state index in [9.17, 15) is 49.1 Å². The van der Waals surface area contributed by atoms with E-state index in [2.05, 4.69) is 0 Å². The zero-order valence-corrected chi connectivity index (χ0v) is 23.0. The highest BCUT2D eigenvalue weighted by Crippen LogP contribution is 2.43. The lowest BCUT2D eigenvalue weighted by Crippen LogP contribution is -2.42. The third kappa shape index (κ3) is 9.24. The van der Waals surface area contributed by atoms with E-state index in [-0.39, 0.29) is 17.2 Å². The van der Waals surface area contributed by atoms with Gasteiger partial charge in [0.1, 0.15) is 18.3 Å². The average molecular weight is 661 g/mol. The van der Waals surface area contributed by atoms with Crippen molar-refractivity contribution in [3.05, 3.63) is 73.7 Å². The number of allylic oxidation sites excluding steroid dienone is 1. The van der Waals surface area contributed by atoms with Crippen LogP contribution in [-0.4, -0.2) is 30.6 Å². The Hall–Kier alpha value is -2.51. The summed E-state index contributed by atoms with van der Waals surface area (Å²) in [5.74, 6) is -7.07. The number of halogens is 13. The van der Waals surface area contributed by atoms with Crippen molar-refractivity contribution >= 4 is 52.3 Å². The fourth-order valence-electron chi connectivity index (χ4n) is 3.54. The molecule has 0 bridgehead atoms. The van der Waals surface area contributed by atoms with Crippen LogP contribution in [0.1, 0.15) is 53.2 Å². The molecule has 0 aliphatic rings. The van der Waals surface area contributed by atoms with Crippen molar-refractivity contribution in [3.63, 3.8) is 0 Å². The predicted octanol–water partition coefficient (Wildman–Crippen LogP) is 9.60. The third-order valence-corrected chi connectivity index (χ3v) is 6.80. The highest BCUT2D eigenvalue weighted by molar-refractivity contribution is 6.48. The van der Waals surface area contributed by atoms with Gasteiger partial charge in [-0.15, -0.1) is 0 Å². The number of rotatable bonds is 8. The van der Waals surface area contributed by atoms with Gasteiger partial charge in [0.2, 0.25) is 5.91 Å². The average Bonchev–Trinajstić information content (AvgIpc) is 2.81. The van der Waals surface area contributed by atoms with Gasteiger partial charge in [-0.25, -0.2) is 4.39 Å². The van der Waals surface area contributed by atoms with Gasteiger partial charge in [0.05, 0.1) is 26.0 Å². The van der Waals surface area contributed by atoms with Crippen LogP contribution in [0.15, 0.2) is 36.4 Å². The minimum absolute atomic E-state index is 0.0129. The van der Waals surface area contributed by atoms with Crippen molar-refractivity contribution in [2.24, 2.45) is 5.41 Å². The van der Waals surface area contributed by atoms with E-state index in [0.717, 1.165) is 26.0 Å². The third-order valence-electron chi connectivity index (χ3n) is 5.60. The molecule has 0 aliphatic heterocycles. The summed E-state index contributed by atoms with van der Waals surface area (Å²) < 4.78 is 135. The molecule has 2 aromatic carbocycles. The summed E-state index contributed by atoms with van der Waals surface area (Å²) >= 11 is 17.2. The summed E-state index contributed by atoms with van der Waals surface area (Å²) in [7, 11) is 0. The van der Waals surface area contributed by atoms with Gasteiger partial charge in [-0.05, 0) is 29.8 Å². The fraction of sp³-hybridized carbons (Fsp3) is 0.360. The SMILES string of the molecule is CC(C)(CC(=O)c1ccc(/C(F)=C/C(c2cc(Cl)c(Cl)c(Cl)c2)C(F)(F)F)cc1C(F)(F)F)C(=O)NCC(F)(F)F. The van der Waals surface area contributed by atoms with Crippen LogP contribution in [-0.2, 0) is 11.0 Å². The van der Waals surface area contributed by atoms with Gasteiger partial charge in [0, 0.05) is 17.5 Å². The second kappa shape index (κ2) is 12.4. The van der Waals surface area contributed by atoms with E-state index in [1.54, 1.807) is 0 Å². The Bertz CT molecular complexity index is 1330. The molecule has 0 spiro atoms. The number of hydrogen-bond acceptors (Lipinski definition) is 2. The van der Waals surface area contributed by atoms with Crippen LogP contribution < -0.4 is 5.32 Å². The van der Waals surface area contributed by atoms with Crippen LogP contribution in [0.3, 0.4) is 0 Å². The number of amides is 1. The first kappa shape index (κ1) is 34.7. The van der Waals surface area contributed by atoms with Crippen LogP contribution in [0.5, 0.6) is 0 Å². The Kier molecular flexibility index (Phi) is 10.5. The summed E-state index contributed by atoms with van der Waals surface area (Å²) in [5, 5.41) is 0.464. The Morgan fingerprint density at radius 2 is 1.44 bits per heavy atom. The molecular weight excluding hydrogens is 643 g/mol. The lowest BCUT2D eigenvalue weighted by Gasteiger charge is -2.24. The molecule has 1 amide bonds. The lowest BCUT2D eigenvalue weighted by molar-refractivity contribution is -0.143. The zero-order chi connectivity index (χ0) is 31.7. The Morgan fingerprint density at radius 3 is 1.90 bits per heavy atom. The Morgan fingerprint density at radius 1 is 0.902 bits per heavy atom. The summed E-state index contributed by atoms with van der Waals surface area (Å²) in [4.78, 5) is 24.8. The summed E-state index contributed by atoms with van der Waals surface area (Å²) in [6.45, 7) is 0.297. The number of Topliss-reactive ketones (excluding diaryl/α,β-unsaturated/α-hetero) is 1. The first-order valence-corrected chi connectivity index (χ1v) is 12.3. The molecule has 1 unspecified atom stereocenters. The normalized spacial score (nSPS) is 14.2. The largest absolute Gasteiger partial charge is 0.417 e. The van der Waals surface area contributed by atoms with Gasteiger partial charge in [0.15, 0.2) is 5.78 Å². The fourth-order valence-corrected chi connectivity index (χ4v) is 4.16. The number of nitrogens with one attached hydrogen (secondary N) is 1. The molecule has 41 heavy (non-hydrogen) atoms. The molecule has 226 valence electrons. The van der Waals surface area contributed by atoms with E-state index >= 15 is 4.39 Å². The first-order valence-electron chi connectivity index (χ1n) is 11.1. The van der Waals surface area contributed by atoms with Crippen LogP contribution >= 0.6 is 34.8 Å². The highest BCUT2D eigenvalue weighted by Gasteiger charge is 2.42. The van der Waals surface area contributed by atoms with E-state index in [4.69, 9.17) is 34.8 Å². The second-order valence-electron chi connectivity index (χ2n) is 9.37. The Balaban J connectivity index is 2.50. The molecule has 0 saturated carbocycles. The number of ketones is 1. The number of alkyl halides is 9. The van der Waals surface area contributed by atoms with Gasteiger partial charge >= 0.3 is 18.5 Å². The van der Waals surface area contributed by atoms with Crippen molar-refractivity contribution in [1.29, 1.82) is 0 Å². The van der Waals surface area contributed by atoms with Gasteiger partial charge < -0.3 is 5.32 Å². The van der Waals surface area contributed by atoms with E-state index in [1.807, 2.05) is 0 Å². The lowest BCUT2D eigenvalue weighted by atomic mass is 9.83. The Labute approximate surface area is 241 Å². The minimum Gasteiger partial charge on any atom is -0.347 e. The quantitative estimate of drug-likeness (QED) is 0.174. The second-order valence-corrected chi connectivity index (χ2v) is 10.6. The van der Waals surface area contributed by atoms with Gasteiger partial charge in [-0.1, -0.05) is 60.8 Å². The molecule has 0 radical (unpaired) electrons. The molecule has 0 aromatic heterocycles. The van der Waals surface area contributed by atoms with Crippen molar-refractivity contribution in [2.75, 3.05) is 6.54 Å². The van der Waals surface area contributed by atoms with Gasteiger partial charge in [0.25, 0.3) is 0 Å².